The smallest absolute Gasteiger partial charge is 0.338 e. The van der Waals surface area contributed by atoms with E-state index in [4.69, 9.17) is 19.9 Å². The number of aromatic nitrogens is 4. The highest BCUT2D eigenvalue weighted by Crippen LogP contribution is 2.26. The minimum Gasteiger partial charge on any atom is -0.457 e. The number of carbonyl (C=O) groups is 1. The summed E-state index contributed by atoms with van der Waals surface area (Å²) in [4.78, 5) is 24.6. The normalized spacial score (nSPS) is 19.7. The molecule has 1 aliphatic rings. The number of rotatable bonds is 4. The van der Waals surface area contributed by atoms with E-state index in [0.29, 0.717) is 20.4 Å². The maximum atomic E-state index is 12.0. The third-order valence-corrected chi connectivity index (χ3v) is 4.55. The van der Waals surface area contributed by atoms with Gasteiger partial charge in [0.05, 0.1) is 18.5 Å². The summed E-state index contributed by atoms with van der Waals surface area (Å²) >= 11 is 2.05. The third-order valence-electron chi connectivity index (χ3n) is 3.80. The molecule has 10 heteroatoms. The predicted molar refractivity (Wildman–Crippen MR) is 99.0 cm³/mol. The summed E-state index contributed by atoms with van der Waals surface area (Å²) in [5.74, 6) is -0.264. The number of nitrogens with two attached hydrogens (primary N) is 1. The monoisotopic (exact) mass is 467 g/mol. The lowest BCUT2D eigenvalue weighted by Gasteiger charge is -2.13. The Hall–Kier alpha value is -2.31. The fraction of sp³-hybridized carbons (Fsp3) is 0.250. The average Bonchev–Trinajstić information content (AvgIpc) is 3.27. The Morgan fingerprint density at radius 1 is 1.35 bits per heavy atom. The topological polar surface area (TPSA) is 114 Å². The zero-order valence-corrected chi connectivity index (χ0v) is 15.6. The van der Waals surface area contributed by atoms with Gasteiger partial charge < -0.3 is 19.9 Å². The van der Waals surface area contributed by atoms with Gasteiger partial charge in [-0.05, 0) is 34.7 Å². The van der Waals surface area contributed by atoms with Crippen LogP contribution in [0.4, 0.5) is 5.95 Å². The Morgan fingerprint density at radius 2 is 2.15 bits per heavy atom. The van der Waals surface area contributed by atoms with Crippen molar-refractivity contribution in [3.05, 3.63) is 45.9 Å². The molecule has 1 aliphatic heterocycles. The Labute approximate surface area is 161 Å². The molecule has 3 aromatic rings. The van der Waals surface area contributed by atoms with Crippen molar-refractivity contribution in [2.24, 2.45) is 0 Å². The van der Waals surface area contributed by atoms with Gasteiger partial charge in [-0.1, -0.05) is 18.2 Å². The molecule has 1 aromatic carbocycles. The molecule has 2 N–H and O–H groups in total. The second-order valence-electron chi connectivity index (χ2n) is 5.51. The van der Waals surface area contributed by atoms with Gasteiger partial charge in [0.15, 0.2) is 18.2 Å². The first-order valence-corrected chi connectivity index (χ1v) is 8.84. The number of esters is 1. The molecular formula is C16H14IN5O4. The number of hydrogen-bond acceptors (Lipinski definition) is 8. The summed E-state index contributed by atoms with van der Waals surface area (Å²) in [6.45, 7) is 0.269. The molecule has 1 saturated heterocycles. The van der Waals surface area contributed by atoms with Gasteiger partial charge in [0.25, 0.3) is 0 Å². The minimum atomic E-state index is -0.664. The lowest BCUT2D eigenvalue weighted by molar-refractivity contribution is -0.102. The van der Waals surface area contributed by atoms with Crippen molar-refractivity contribution in [2.45, 2.75) is 12.5 Å². The SMILES string of the molecule is Nc1nc(I)c2ncn(C3COC(COC(=O)c4ccccc4)O3)c2n1. The van der Waals surface area contributed by atoms with Crippen molar-refractivity contribution >= 4 is 45.7 Å². The van der Waals surface area contributed by atoms with E-state index in [1.807, 2.05) is 6.07 Å². The number of nitrogens with zero attached hydrogens (tertiary/aromatic N) is 4. The fourth-order valence-electron chi connectivity index (χ4n) is 2.59. The summed E-state index contributed by atoms with van der Waals surface area (Å²) in [5.41, 5.74) is 7.40. The van der Waals surface area contributed by atoms with Gasteiger partial charge >= 0.3 is 5.97 Å². The summed E-state index contributed by atoms with van der Waals surface area (Å²) in [6, 6.07) is 8.75. The van der Waals surface area contributed by atoms with Crippen LogP contribution in [0.2, 0.25) is 0 Å². The van der Waals surface area contributed by atoms with Crippen LogP contribution in [0.3, 0.4) is 0 Å². The van der Waals surface area contributed by atoms with Crippen LogP contribution in [0.1, 0.15) is 16.6 Å². The zero-order valence-electron chi connectivity index (χ0n) is 13.4. The van der Waals surface area contributed by atoms with Crippen LogP contribution in [0.25, 0.3) is 11.2 Å². The number of anilines is 1. The van der Waals surface area contributed by atoms with E-state index in [9.17, 15) is 4.79 Å². The maximum absolute atomic E-state index is 12.0. The molecule has 1 fully saturated rings. The molecule has 2 atom stereocenters. The van der Waals surface area contributed by atoms with Gasteiger partial charge in [-0.25, -0.2) is 14.8 Å². The number of imidazole rings is 1. The second kappa shape index (κ2) is 7.13. The van der Waals surface area contributed by atoms with Crippen LogP contribution < -0.4 is 5.73 Å². The van der Waals surface area contributed by atoms with E-state index in [-0.39, 0.29) is 19.2 Å². The van der Waals surface area contributed by atoms with E-state index in [0.717, 1.165) is 0 Å². The van der Waals surface area contributed by atoms with Gasteiger partial charge in [-0.15, -0.1) is 0 Å². The number of fused-ring (bicyclic) bond motifs is 1. The molecule has 0 saturated carbocycles. The van der Waals surface area contributed by atoms with Crippen molar-refractivity contribution in [3.63, 3.8) is 0 Å². The summed E-state index contributed by atoms with van der Waals surface area (Å²) < 4.78 is 19.0. The van der Waals surface area contributed by atoms with E-state index in [1.54, 1.807) is 35.2 Å². The molecule has 2 aromatic heterocycles. The average molecular weight is 467 g/mol. The fourth-order valence-corrected chi connectivity index (χ4v) is 3.21. The van der Waals surface area contributed by atoms with Crippen molar-refractivity contribution < 1.29 is 19.0 Å². The van der Waals surface area contributed by atoms with Gasteiger partial charge in [0.2, 0.25) is 5.95 Å². The number of hydrogen-bond donors (Lipinski definition) is 1. The molecule has 9 nitrogen and oxygen atoms in total. The molecule has 0 bridgehead atoms. The molecule has 3 heterocycles. The lowest BCUT2D eigenvalue weighted by Crippen LogP contribution is -2.20. The first-order chi connectivity index (χ1) is 12.6. The van der Waals surface area contributed by atoms with E-state index in [1.165, 1.54) is 0 Å². The Kier molecular flexibility index (Phi) is 4.70. The van der Waals surface area contributed by atoms with Gasteiger partial charge in [-0.3, -0.25) is 4.57 Å². The zero-order chi connectivity index (χ0) is 18.1. The number of nitrogen functional groups attached to an aromatic ring is 1. The molecule has 4 rings (SSSR count). The highest BCUT2D eigenvalue weighted by molar-refractivity contribution is 14.1. The van der Waals surface area contributed by atoms with Crippen LogP contribution in [-0.2, 0) is 14.2 Å². The third kappa shape index (κ3) is 3.34. The molecule has 0 amide bonds. The molecule has 0 aliphatic carbocycles. The second-order valence-corrected chi connectivity index (χ2v) is 6.54. The van der Waals surface area contributed by atoms with Gasteiger partial charge in [0.1, 0.15) is 15.8 Å². The molecule has 134 valence electrons. The standard InChI is InChI=1S/C16H14IN5O4/c17-13-12-14(21-16(18)20-13)22(8-19-12)10-6-24-11(26-10)7-25-15(23)9-4-2-1-3-5-9/h1-5,8,10-11H,6-7H2,(H2,18,20,21). The highest BCUT2D eigenvalue weighted by atomic mass is 127. The van der Waals surface area contributed by atoms with Crippen molar-refractivity contribution in [1.29, 1.82) is 0 Å². The molecule has 2 unspecified atom stereocenters. The summed E-state index contributed by atoms with van der Waals surface area (Å²) in [5, 5.41) is 0. The predicted octanol–water partition coefficient (Wildman–Crippen LogP) is 1.74. The molecule has 26 heavy (non-hydrogen) atoms. The molecule has 0 spiro atoms. The van der Waals surface area contributed by atoms with Gasteiger partial charge in [-0.2, -0.15) is 4.98 Å². The first-order valence-electron chi connectivity index (χ1n) is 7.76. The molecular weight excluding hydrogens is 453 g/mol. The first kappa shape index (κ1) is 17.1. The van der Waals surface area contributed by atoms with Crippen molar-refractivity contribution in [2.75, 3.05) is 18.9 Å². The van der Waals surface area contributed by atoms with Crippen LogP contribution in [0.15, 0.2) is 36.7 Å². The molecule has 0 radical (unpaired) electrons. The Bertz CT molecular complexity index is 948. The van der Waals surface area contributed by atoms with E-state index >= 15 is 0 Å². The minimum absolute atomic E-state index is 0.00842. The van der Waals surface area contributed by atoms with Crippen LogP contribution in [-0.4, -0.2) is 45.0 Å². The van der Waals surface area contributed by atoms with Crippen LogP contribution in [0.5, 0.6) is 0 Å². The van der Waals surface area contributed by atoms with Crippen LogP contribution in [0, 0.1) is 3.70 Å². The Balaban J connectivity index is 1.42. The number of benzene rings is 1. The number of halogens is 1. The largest absolute Gasteiger partial charge is 0.457 e. The summed E-state index contributed by atoms with van der Waals surface area (Å²) in [6.07, 6.45) is 0.502. The Morgan fingerprint density at radius 3 is 2.96 bits per heavy atom. The van der Waals surface area contributed by atoms with E-state index in [2.05, 4.69) is 37.5 Å². The highest BCUT2D eigenvalue weighted by Gasteiger charge is 2.30. The van der Waals surface area contributed by atoms with Gasteiger partial charge in [0, 0.05) is 0 Å². The van der Waals surface area contributed by atoms with E-state index < -0.39 is 18.5 Å². The van der Waals surface area contributed by atoms with Crippen LogP contribution >= 0.6 is 22.6 Å². The maximum Gasteiger partial charge on any atom is 0.338 e. The quantitative estimate of drug-likeness (QED) is 0.351. The lowest BCUT2D eigenvalue weighted by atomic mass is 10.2. The number of ether oxygens (including phenoxy) is 3. The number of carbonyl (C=O) groups excluding carboxylic acids is 1. The van der Waals surface area contributed by atoms with Crippen molar-refractivity contribution in [1.82, 2.24) is 19.5 Å². The summed E-state index contributed by atoms with van der Waals surface area (Å²) in [7, 11) is 0. The van der Waals surface area contributed by atoms with Crippen molar-refractivity contribution in [3.8, 4) is 0 Å².